The lowest BCUT2D eigenvalue weighted by atomic mass is 10.2. The largest absolute Gasteiger partial charge is 0.416 e. The molecule has 4 nitrogen and oxygen atoms in total. The summed E-state index contributed by atoms with van der Waals surface area (Å²) in [6.45, 7) is 1.57. The molecule has 0 aromatic heterocycles. The molecule has 0 aliphatic carbocycles. The van der Waals surface area contributed by atoms with Crippen molar-refractivity contribution in [3.63, 3.8) is 0 Å². The summed E-state index contributed by atoms with van der Waals surface area (Å²) in [4.78, 5) is 0. The first kappa shape index (κ1) is 14.4. The van der Waals surface area contributed by atoms with Gasteiger partial charge in [-0.05, 0) is 25.1 Å². The van der Waals surface area contributed by atoms with Crippen molar-refractivity contribution in [2.75, 3.05) is 5.32 Å². The van der Waals surface area contributed by atoms with Gasteiger partial charge in [0.15, 0.2) is 5.84 Å². The Kier molecular flexibility index (Phi) is 4.28. The van der Waals surface area contributed by atoms with Crippen LogP contribution in [0.1, 0.15) is 12.5 Å². The van der Waals surface area contributed by atoms with Crippen molar-refractivity contribution in [3.05, 3.63) is 28.8 Å². The number of nitrogens with two attached hydrogens (primary N) is 1. The molecular formula is C10H11ClF3N3O. The average Bonchev–Trinajstić information content (AvgIpc) is 2.29. The van der Waals surface area contributed by atoms with Crippen molar-refractivity contribution in [1.82, 2.24) is 0 Å². The van der Waals surface area contributed by atoms with Crippen LogP contribution in [0.25, 0.3) is 0 Å². The molecule has 0 heterocycles. The lowest BCUT2D eigenvalue weighted by Crippen LogP contribution is -2.33. The van der Waals surface area contributed by atoms with Crippen LogP contribution < -0.4 is 11.1 Å². The Morgan fingerprint density at radius 3 is 2.56 bits per heavy atom. The number of alkyl halides is 3. The highest BCUT2D eigenvalue weighted by Crippen LogP contribution is 2.33. The highest BCUT2D eigenvalue weighted by Gasteiger charge is 2.30. The highest BCUT2D eigenvalue weighted by atomic mass is 35.5. The Labute approximate surface area is 106 Å². The number of halogens is 4. The van der Waals surface area contributed by atoms with Crippen LogP contribution in [0.5, 0.6) is 0 Å². The summed E-state index contributed by atoms with van der Waals surface area (Å²) in [6.07, 6.45) is -4.45. The predicted molar refractivity (Wildman–Crippen MR) is 62.9 cm³/mol. The molecule has 0 saturated heterocycles. The van der Waals surface area contributed by atoms with E-state index in [0.29, 0.717) is 0 Å². The third kappa shape index (κ3) is 3.43. The van der Waals surface area contributed by atoms with E-state index in [4.69, 9.17) is 22.5 Å². The summed E-state index contributed by atoms with van der Waals surface area (Å²) in [5, 5.41) is 13.9. The third-order valence-electron chi connectivity index (χ3n) is 2.23. The molecule has 0 saturated carbocycles. The number of nitrogens with one attached hydrogen (secondary N) is 1. The van der Waals surface area contributed by atoms with Gasteiger partial charge in [-0.2, -0.15) is 13.2 Å². The number of anilines is 1. The van der Waals surface area contributed by atoms with Crippen LogP contribution >= 0.6 is 11.6 Å². The number of nitrogens with zero attached hydrogens (tertiary/aromatic N) is 1. The number of benzene rings is 1. The van der Waals surface area contributed by atoms with E-state index < -0.39 is 17.8 Å². The molecule has 0 radical (unpaired) electrons. The number of hydrogen-bond acceptors (Lipinski definition) is 3. The van der Waals surface area contributed by atoms with E-state index in [-0.39, 0.29) is 16.5 Å². The first-order valence-corrected chi connectivity index (χ1v) is 5.24. The van der Waals surface area contributed by atoms with Gasteiger partial charge in [-0.25, -0.2) is 0 Å². The average molecular weight is 282 g/mol. The minimum absolute atomic E-state index is 0.0950. The van der Waals surface area contributed by atoms with E-state index >= 15 is 0 Å². The van der Waals surface area contributed by atoms with Gasteiger partial charge in [-0.3, -0.25) is 0 Å². The molecule has 1 atom stereocenters. The summed E-state index contributed by atoms with van der Waals surface area (Å²) in [6, 6.07) is 2.33. The van der Waals surface area contributed by atoms with Crippen LogP contribution in [0.3, 0.4) is 0 Å². The Morgan fingerprint density at radius 1 is 1.50 bits per heavy atom. The SMILES string of the molecule is CC(Nc1ccc(C(F)(F)F)cc1Cl)C(N)=NO. The van der Waals surface area contributed by atoms with Gasteiger partial charge in [0.2, 0.25) is 0 Å². The van der Waals surface area contributed by atoms with Gasteiger partial charge < -0.3 is 16.3 Å². The van der Waals surface area contributed by atoms with Crippen molar-refractivity contribution in [2.45, 2.75) is 19.1 Å². The van der Waals surface area contributed by atoms with Crippen LogP contribution in [-0.2, 0) is 6.18 Å². The smallest absolute Gasteiger partial charge is 0.409 e. The molecule has 0 spiro atoms. The predicted octanol–water partition coefficient (Wildman–Crippen LogP) is 2.91. The third-order valence-corrected chi connectivity index (χ3v) is 2.54. The van der Waals surface area contributed by atoms with E-state index in [0.717, 1.165) is 12.1 Å². The minimum atomic E-state index is -4.45. The van der Waals surface area contributed by atoms with Crippen molar-refractivity contribution >= 4 is 23.1 Å². The quantitative estimate of drug-likeness (QED) is 0.345. The van der Waals surface area contributed by atoms with Gasteiger partial charge in [0.05, 0.1) is 22.3 Å². The molecule has 1 aromatic carbocycles. The maximum Gasteiger partial charge on any atom is 0.416 e. The van der Waals surface area contributed by atoms with E-state index in [1.165, 1.54) is 6.07 Å². The van der Waals surface area contributed by atoms with Crippen LogP contribution in [0.15, 0.2) is 23.4 Å². The highest BCUT2D eigenvalue weighted by molar-refractivity contribution is 6.33. The van der Waals surface area contributed by atoms with Gasteiger partial charge in [0, 0.05) is 0 Å². The molecule has 100 valence electrons. The monoisotopic (exact) mass is 281 g/mol. The first-order chi connectivity index (χ1) is 8.25. The summed E-state index contributed by atoms with van der Waals surface area (Å²) in [7, 11) is 0. The Balaban J connectivity index is 2.94. The zero-order valence-electron chi connectivity index (χ0n) is 9.29. The normalized spacial score (nSPS) is 14.4. The summed E-state index contributed by atoms with van der Waals surface area (Å²) in [5.41, 5.74) is 4.76. The van der Waals surface area contributed by atoms with Gasteiger partial charge in [0.25, 0.3) is 0 Å². The maximum atomic E-state index is 12.4. The number of hydrogen-bond donors (Lipinski definition) is 3. The van der Waals surface area contributed by atoms with Crippen molar-refractivity contribution in [3.8, 4) is 0 Å². The summed E-state index contributed by atoms with van der Waals surface area (Å²) in [5.74, 6) is -0.106. The summed E-state index contributed by atoms with van der Waals surface area (Å²) >= 11 is 5.72. The molecule has 1 rings (SSSR count). The molecule has 18 heavy (non-hydrogen) atoms. The second-order valence-electron chi connectivity index (χ2n) is 3.58. The zero-order valence-corrected chi connectivity index (χ0v) is 10.0. The molecule has 8 heteroatoms. The van der Waals surface area contributed by atoms with Crippen molar-refractivity contribution < 1.29 is 18.4 Å². The Bertz CT molecular complexity index is 462. The lowest BCUT2D eigenvalue weighted by Gasteiger charge is -2.16. The van der Waals surface area contributed by atoms with Crippen LogP contribution in [0.2, 0.25) is 5.02 Å². The fourth-order valence-electron chi connectivity index (χ4n) is 1.20. The number of amidine groups is 1. The molecule has 0 aliphatic heterocycles. The molecule has 0 amide bonds. The topological polar surface area (TPSA) is 70.6 Å². The van der Waals surface area contributed by atoms with E-state index in [9.17, 15) is 13.2 Å². The first-order valence-electron chi connectivity index (χ1n) is 4.86. The molecule has 1 aromatic rings. The van der Waals surface area contributed by atoms with Crippen molar-refractivity contribution in [2.24, 2.45) is 10.9 Å². The number of oxime groups is 1. The minimum Gasteiger partial charge on any atom is -0.409 e. The van der Waals surface area contributed by atoms with Gasteiger partial charge >= 0.3 is 6.18 Å². The molecule has 0 aliphatic rings. The van der Waals surface area contributed by atoms with Crippen LogP contribution in [0.4, 0.5) is 18.9 Å². The second-order valence-corrected chi connectivity index (χ2v) is 3.99. The van der Waals surface area contributed by atoms with Crippen LogP contribution in [0, 0.1) is 0 Å². The van der Waals surface area contributed by atoms with Gasteiger partial charge in [-0.15, -0.1) is 0 Å². The number of rotatable bonds is 3. The van der Waals surface area contributed by atoms with E-state index in [2.05, 4.69) is 10.5 Å². The molecule has 0 bridgehead atoms. The van der Waals surface area contributed by atoms with Gasteiger partial charge in [-0.1, -0.05) is 16.8 Å². The lowest BCUT2D eigenvalue weighted by molar-refractivity contribution is -0.137. The zero-order chi connectivity index (χ0) is 13.9. The summed E-state index contributed by atoms with van der Waals surface area (Å²) < 4.78 is 37.2. The fourth-order valence-corrected chi connectivity index (χ4v) is 1.44. The fraction of sp³-hybridized carbons (Fsp3) is 0.300. The molecule has 1 unspecified atom stereocenters. The van der Waals surface area contributed by atoms with E-state index in [1.54, 1.807) is 6.92 Å². The molecule has 4 N–H and O–H groups in total. The Morgan fingerprint density at radius 2 is 2.11 bits per heavy atom. The van der Waals surface area contributed by atoms with E-state index in [1.807, 2.05) is 0 Å². The standard InChI is InChI=1S/C10H11ClF3N3O/c1-5(9(15)17-18)16-8-3-2-6(4-7(8)11)10(12,13)14/h2-5,16,18H,1H3,(H2,15,17). The van der Waals surface area contributed by atoms with Crippen molar-refractivity contribution in [1.29, 1.82) is 0 Å². The maximum absolute atomic E-state index is 12.4. The van der Waals surface area contributed by atoms with Gasteiger partial charge in [0.1, 0.15) is 0 Å². The Hall–Kier alpha value is -1.63. The molecular weight excluding hydrogens is 271 g/mol. The van der Waals surface area contributed by atoms with Crippen LogP contribution in [-0.4, -0.2) is 17.1 Å². The molecule has 0 fully saturated rings. The second kappa shape index (κ2) is 5.34.